The molecule has 0 aliphatic carbocycles. The standard InChI is InChI=1S/C22H24N4O2S/c1-15-18-20(27)23-16(2)24-21(18)29-19(15)22(28)26-13-11-25(12-14-26)10-6-9-17-7-4-3-5-8-17/h3-9H,10-14H2,1-2H3,(H,23,24,27)/b9-6+. The molecular formula is C22H24N4O2S. The number of aromatic amines is 1. The van der Waals surface area contributed by atoms with Crippen molar-refractivity contribution in [2.75, 3.05) is 32.7 Å². The van der Waals surface area contributed by atoms with E-state index in [-0.39, 0.29) is 11.5 Å². The fourth-order valence-corrected chi connectivity index (χ4v) is 4.83. The minimum Gasteiger partial charge on any atom is -0.335 e. The van der Waals surface area contributed by atoms with Gasteiger partial charge in [-0.25, -0.2) is 4.98 Å². The lowest BCUT2D eigenvalue weighted by atomic mass is 10.2. The fraction of sp³-hybridized carbons (Fsp3) is 0.318. The van der Waals surface area contributed by atoms with Crippen molar-refractivity contribution in [3.8, 4) is 0 Å². The largest absolute Gasteiger partial charge is 0.335 e. The number of hydrogen-bond donors (Lipinski definition) is 1. The van der Waals surface area contributed by atoms with E-state index in [4.69, 9.17) is 0 Å². The van der Waals surface area contributed by atoms with Gasteiger partial charge in [0.25, 0.3) is 11.5 Å². The number of carbonyl (C=O) groups is 1. The highest BCUT2D eigenvalue weighted by atomic mass is 32.1. The van der Waals surface area contributed by atoms with Crippen molar-refractivity contribution in [2.45, 2.75) is 13.8 Å². The van der Waals surface area contributed by atoms with E-state index in [0.717, 1.165) is 25.2 Å². The van der Waals surface area contributed by atoms with Crippen LogP contribution in [0.25, 0.3) is 16.3 Å². The molecule has 7 heteroatoms. The molecule has 6 nitrogen and oxygen atoms in total. The zero-order valence-corrected chi connectivity index (χ0v) is 17.5. The van der Waals surface area contributed by atoms with E-state index in [1.807, 2.05) is 30.0 Å². The summed E-state index contributed by atoms with van der Waals surface area (Å²) in [5.74, 6) is 0.571. The molecule has 4 rings (SSSR count). The molecule has 1 amide bonds. The van der Waals surface area contributed by atoms with Crippen molar-refractivity contribution in [1.82, 2.24) is 19.8 Å². The van der Waals surface area contributed by atoms with Crippen LogP contribution in [0.4, 0.5) is 0 Å². The number of hydrogen-bond acceptors (Lipinski definition) is 5. The van der Waals surface area contributed by atoms with Gasteiger partial charge >= 0.3 is 0 Å². The van der Waals surface area contributed by atoms with E-state index in [1.54, 1.807) is 6.92 Å². The number of nitrogens with zero attached hydrogens (tertiary/aromatic N) is 3. The number of fused-ring (bicyclic) bond motifs is 1. The topological polar surface area (TPSA) is 69.3 Å². The summed E-state index contributed by atoms with van der Waals surface area (Å²) >= 11 is 1.32. The number of rotatable bonds is 4. The number of aryl methyl sites for hydroxylation is 2. The van der Waals surface area contributed by atoms with Crippen LogP contribution in [0.5, 0.6) is 0 Å². The van der Waals surface area contributed by atoms with Crippen LogP contribution >= 0.6 is 11.3 Å². The first-order chi connectivity index (χ1) is 14.0. The molecule has 0 saturated carbocycles. The Balaban J connectivity index is 1.40. The van der Waals surface area contributed by atoms with Gasteiger partial charge in [-0.05, 0) is 25.0 Å². The van der Waals surface area contributed by atoms with Gasteiger partial charge in [0.2, 0.25) is 0 Å². The lowest BCUT2D eigenvalue weighted by Crippen LogP contribution is -2.48. The monoisotopic (exact) mass is 408 g/mol. The molecule has 1 aliphatic heterocycles. The van der Waals surface area contributed by atoms with Gasteiger partial charge in [-0.1, -0.05) is 42.5 Å². The third-order valence-corrected chi connectivity index (χ3v) is 6.42. The molecule has 0 atom stereocenters. The molecule has 150 valence electrons. The Hall–Kier alpha value is -2.77. The summed E-state index contributed by atoms with van der Waals surface area (Å²) in [4.78, 5) is 37.9. The van der Waals surface area contributed by atoms with Crippen molar-refractivity contribution >= 4 is 33.5 Å². The third kappa shape index (κ3) is 4.16. The van der Waals surface area contributed by atoms with Gasteiger partial charge in [-0.3, -0.25) is 14.5 Å². The number of amides is 1. The first-order valence-corrected chi connectivity index (χ1v) is 10.6. The Morgan fingerprint density at radius 3 is 2.62 bits per heavy atom. The Kier molecular flexibility index (Phi) is 5.60. The van der Waals surface area contributed by atoms with Crippen LogP contribution in [0.15, 0.2) is 41.2 Å². The van der Waals surface area contributed by atoms with Gasteiger partial charge in [-0.15, -0.1) is 11.3 Å². The lowest BCUT2D eigenvalue weighted by molar-refractivity contribution is 0.0654. The highest BCUT2D eigenvalue weighted by molar-refractivity contribution is 7.20. The molecular weight excluding hydrogens is 384 g/mol. The molecule has 3 heterocycles. The summed E-state index contributed by atoms with van der Waals surface area (Å²) in [5.41, 5.74) is 1.76. The number of thiophene rings is 1. The smallest absolute Gasteiger partial charge is 0.264 e. The van der Waals surface area contributed by atoms with Gasteiger partial charge in [-0.2, -0.15) is 0 Å². The van der Waals surface area contributed by atoms with Gasteiger partial charge in [0, 0.05) is 32.7 Å². The molecule has 1 fully saturated rings. The zero-order chi connectivity index (χ0) is 20.4. The molecule has 0 radical (unpaired) electrons. The maximum absolute atomic E-state index is 13.1. The SMILES string of the molecule is Cc1nc2sc(C(=O)N3CCN(C/C=C/c4ccccc4)CC3)c(C)c2c(=O)[nH]1. The van der Waals surface area contributed by atoms with Crippen LogP contribution in [0.3, 0.4) is 0 Å². The van der Waals surface area contributed by atoms with Crippen LogP contribution in [-0.4, -0.2) is 58.4 Å². The molecule has 2 aromatic heterocycles. The number of H-pyrrole nitrogens is 1. The van der Waals surface area contributed by atoms with Crippen LogP contribution in [0, 0.1) is 13.8 Å². The normalized spacial score (nSPS) is 15.4. The molecule has 3 aromatic rings. The number of aromatic nitrogens is 2. The molecule has 0 unspecified atom stereocenters. The van der Waals surface area contributed by atoms with Crippen LogP contribution in [0.1, 0.15) is 26.6 Å². The third-order valence-electron chi connectivity index (χ3n) is 5.25. The quantitative estimate of drug-likeness (QED) is 0.720. The van der Waals surface area contributed by atoms with Crippen LogP contribution in [-0.2, 0) is 0 Å². The van der Waals surface area contributed by atoms with E-state index in [1.165, 1.54) is 16.9 Å². The van der Waals surface area contributed by atoms with E-state index in [2.05, 4.69) is 39.2 Å². The fourth-order valence-electron chi connectivity index (χ4n) is 3.63. The number of benzene rings is 1. The second-order valence-electron chi connectivity index (χ2n) is 7.29. The Morgan fingerprint density at radius 1 is 1.17 bits per heavy atom. The molecule has 0 spiro atoms. The maximum Gasteiger partial charge on any atom is 0.264 e. The zero-order valence-electron chi connectivity index (χ0n) is 16.6. The summed E-state index contributed by atoms with van der Waals surface area (Å²) in [6, 6.07) is 10.2. The molecule has 29 heavy (non-hydrogen) atoms. The molecule has 1 N–H and O–H groups in total. The summed E-state index contributed by atoms with van der Waals surface area (Å²) in [5, 5.41) is 0.536. The minimum absolute atomic E-state index is 0.00188. The van der Waals surface area contributed by atoms with Gasteiger partial charge in [0.1, 0.15) is 10.7 Å². The Morgan fingerprint density at radius 2 is 1.90 bits per heavy atom. The van der Waals surface area contributed by atoms with Crippen LogP contribution in [0.2, 0.25) is 0 Å². The number of piperazine rings is 1. The second-order valence-corrected chi connectivity index (χ2v) is 8.29. The molecule has 0 bridgehead atoms. The first kappa shape index (κ1) is 19.5. The maximum atomic E-state index is 13.1. The van der Waals surface area contributed by atoms with E-state index in [0.29, 0.717) is 34.0 Å². The highest BCUT2D eigenvalue weighted by Crippen LogP contribution is 2.28. The van der Waals surface area contributed by atoms with Crippen LogP contribution < -0.4 is 5.56 Å². The predicted molar refractivity (Wildman–Crippen MR) is 118 cm³/mol. The molecule has 1 aliphatic rings. The Labute approximate surface area is 173 Å². The van der Waals surface area contributed by atoms with E-state index < -0.39 is 0 Å². The minimum atomic E-state index is -0.171. The predicted octanol–water partition coefficient (Wildman–Crippen LogP) is 3.07. The average Bonchev–Trinajstić information content (AvgIpc) is 3.05. The van der Waals surface area contributed by atoms with Gasteiger partial charge < -0.3 is 9.88 Å². The summed E-state index contributed by atoms with van der Waals surface area (Å²) in [7, 11) is 0. The lowest BCUT2D eigenvalue weighted by Gasteiger charge is -2.34. The summed E-state index contributed by atoms with van der Waals surface area (Å²) < 4.78 is 0. The van der Waals surface area contributed by atoms with Crippen molar-refractivity contribution in [2.24, 2.45) is 0 Å². The average molecular weight is 409 g/mol. The van der Waals surface area contributed by atoms with Gasteiger partial charge in [0.15, 0.2) is 0 Å². The van der Waals surface area contributed by atoms with E-state index in [9.17, 15) is 9.59 Å². The van der Waals surface area contributed by atoms with Gasteiger partial charge in [0.05, 0.1) is 10.3 Å². The summed E-state index contributed by atoms with van der Waals surface area (Å²) in [6.45, 7) is 7.52. The number of carbonyl (C=O) groups excluding carboxylic acids is 1. The van der Waals surface area contributed by atoms with Crippen molar-refractivity contribution in [1.29, 1.82) is 0 Å². The summed E-state index contributed by atoms with van der Waals surface area (Å²) in [6.07, 6.45) is 4.30. The second kappa shape index (κ2) is 8.31. The van der Waals surface area contributed by atoms with Crippen molar-refractivity contribution in [3.63, 3.8) is 0 Å². The molecule has 1 aromatic carbocycles. The number of nitrogens with one attached hydrogen (secondary N) is 1. The van der Waals surface area contributed by atoms with Crippen molar-refractivity contribution in [3.05, 3.63) is 68.6 Å². The highest BCUT2D eigenvalue weighted by Gasteiger charge is 2.26. The molecule has 1 saturated heterocycles. The van der Waals surface area contributed by atoms with Crippen molar-refractivity contribution < 1.29 is 4.79 Å². The Bertz CT molecular complexity index is 1110. The first-order valence-electron chi connectivity index (χ1n) is 9.76. The van der Waals surface area contributed by atoms with E-state index >= 15 is 0 Å².